The van der Waals surface area contributed by atoms with Crippen molar-refractivity contribution in [3.05, 3.63) is 69.8 Å². The van der Waals surface area contributed by atoms with Crippen molar-refractivity contribution < 1.29 is 10.0 Å². The maximum Gasteiger partial charge on any atom is 0.269 e. The van der Waals surface area contributed by atoms with Crippen molar-refractivity contribution >= 4 is 17.6 Å². The number of hydrogen-bond donors (Lipinski definition) is 2. The third-order valence-corrected chi connectivity index (χ3v) is 3.80. The molecule has 0 bridgehead atoms. The molecule has 6 heteroatoms. The zero-order valence-electron chi connectivity index (χ0n) is 11.5. The second-order valence-electron chi connectivity index (χ2n) is 4.63. The third kappa shape index (κ3) is 4.56. The van der Waals surface area contributed by atoms with E-state index in [9.17, 15) is 15.2 Å². The van der Waals surface area contributed by atoms with E-state index in [4.69, 9.17) is 0 Å². The molecule has 2 N–H and O–H groups in total. The van der Waals surface area contributed by atoms with Crippen molar-refractivity contribution in [1.82, 2.24) is 4.72 Å². The lowest BCUT2D eigenvalue weighted by Crippen LogP contribution is -2.14. The lowest BCUT2D eigenvalue weighted by Gasteiger charge is -2.11. The molecule has 0 aliphatic heterocycles. The molecule has 0 aliphatic carbocycles. The van der Waals surface area contributed by atoms with E-state index in [-0.39, 0.29) is 5.69 Å². The highest BCUT2D eigenvalue weighted by atomic mass is 32.2. The Kier molecular flexibility index (Phi) is 5.32. The van der Waals surface area contributed by atoms with Gasteiger partial charge in [-0.15, -0.1) is 0 Å². The first-order chi connectivity index (χ1) is 10.1. The van der Waals surface area contributed by atoms with E-state index in [1.54, 1.807) is 12.1 Å². The summed E-state index contributed by atoms with van der Waals surface area (Å²) in [5, 5.41) is 20.6. The molecule has 21 heavy (non-hydrogen) atoms. The lowest BCUT2D eigenvalue weighted by atomic mass is 10.1. The van der Waals surface area contributed by atoms with Crippen LogP contribution in [0.5, 0.6) is 0 Å². The van der Waals surface area contributed by atoms with Gasteiger partial charge in [-0.1, -0.05) is 17.7 Å². The van der Waals surface area contributed by atoms with Gasteiger partial charge in [0.15, 0.2) is 0 Å². The molecular formula is C15H16N2O3S. The van der Waals surface area contributed by atoms with Crippen LogP contribution in [0.3, 0.4) is 0 Å². The monoisotopic (exact) mass is 304 g/mol. The summed E-state index contributed by atoms with van der Waals surface area (Å²) < 4.78 is 3.09. The predicted octanol–water partition coefficient (Wildman–Crippen LogP) is 3.23. The van der Waals surface area contributed by atoms with Gasteiger partial charge in [-0.05, 0) is 48.7 Å². The van der Waals surface area contributed by atoms with Crippen LogP contribution in [-0.4, -0.2) is 16.6 Å². The summed E-state index contributed by atoms with van der Waals surface area (Å²) in [6, 6.07) is 14.0. The zero-order chi connectivity index (χ0) is 15.2. The van der Waals surface area contributed by atoms with Gasteiger partial charge in [0.05, 0.1) is 11.0 Å². The third-order valence-electron chi connectivity index (χ3n) is 2.98. The fourth-order valence-electron chi connectivity index (χ4n) is 1.75. The first-order valence-electron chi connectivity index (χ1n) is 6.45. The van der Waals surface area contributed by atoms with Crippen LogP contribution >= 0.6 is 11.9 Å². The van der Waals surface area contributed by atoms with Crippen molar-refractivity contribution in [2.45, 2.75) is 17.9 Å². The molecule has 0 aliphatic rings. The van der Waals surface area contributed by atoms with Crippen LogP contribution in [0.1, 0.15) is 17.2 Å². The molecule has 0 saturated heterocycles. The van der Waals surface area contributed by atoms with Crippen molar-refractivity contribution in [3.8, 4) is 0 Å². The van der Waals surface area contributed by atoms with Gasteiger partial charge in [-0.3, -0.25) is 14.8 Å². The number of nitrogens with one attached hydrogen (secondary N) is 1. The minimum absolute atomic E-state index is 0.0212. The van der Waals surface area contributed by atoms with Crippen molar-refractivity contribution in [3.63, 3.8) is 0 Å². The molecule has 1 unspecified atom stereocenters. The first-order valence-corrected chi connectivity index (χ1v) is 7.26. The van der Waals surface area contributed by atoms with Crippen LogP contribution in [0.2, 0.25) is 0 Å². The number of aryl methyl sites for hydroxylation is 1. The number of nitro groups is 1. The van der Waals surface area contributed by atoms with Gasteiger partial charge in [-0.2, -0.15) is 0 Å². The van der Waals surface area contributed by atoms with Gasteiger partial charge in [0.2, 0.25) is 0 Å². The standard InChI is InChI=1S/C15H16N2O3S/c1-11-2-8-14(9-3-11)21-16-10-15(18)12-4-6-13(7-5-12)17(19)20/h2-9,15-16,18H,10H2,1H3. The van der Waals surface area contributed by atoms with Gasteiger partial charge in [0, 0.05) is 23.6 Å². The lowest BCUT2D eigenvalue weighted by molar-refractivity contribution is -0.384. The van der Waals surface area contributed by atoms with Crippen LogP contribution in [0.4, 0.5) is 5.69 Å². The molecule has 0 radical (unpaired) electrons. The van der Waals surface area contributed by atoms with E-state index in [1.807, 2.05) is 31.2 Å². The van der Waals surface area contributed by atoms with Crippen molar-refractivity contribution in [1.29, 1.82) is 0 Å². The minimum atomic E-state index is -0.705. The second kappa shape index (κ2) is 7.21. The SMILES string of the molecule is Cc1ccc(SNCC(O)c2ccc([N+](=O)[O-])cc2)cc1. The first kappa shape index (κ1) is 15.5. The van der Waals surface area contributed by atoms with E-state index in [1.165, 1.54) is 29.6 Å². The summed E-state index contributed by atoms with van der Waals surface area (Å²) in [6.07, 6.45) is -0.705. The Morgan fingerprint density at radius 1 is 1.19 bits per heavy atom. The Morgan fingerprint density at radius 2 is 1.81 bits per heavy atom. The highest BCUT2D eigenvalue weighted by Crippen LogP contribution is 2.19. The van der Waals surface area contributed by atoms with E-state index >= 15 is 0 Å². The summed E-state index contributed by atoms with van der Waals surface area (Å²) >= 11 is 1.44. The van der Waals surface area contributed by atoms with Gasteiger partial charge < -0.3 is 5.11 Å². The average Bonchev–Trinajstić information content (AvgIpc) is 2.49. The van der Waals surface area contributed by atoms with Crippen LogP contribution in [0.25, 0.3) is 0 Å². The smallest absolute Gasteiger partial charge is 0.269 e. The molecular weight excluding hydrogens is 288 g/mol. The van der Waals surface area contributed by atoms with Crippen LogP contribution in [0, 0.1) is 17.0 Å². The average molecular weight is 304 g/mol. The molecule has 2 aromatic carbocycles. The van der Waals surface area contributed by atoms with Gasteiger partial charge in [0.25, 0.3) is 5.69 Å². The summed E-state index contributed by atoms with van der Waals surface area (Å²) in [5.41, 5.74) is 1.87. The van der Waals surface area contributed by atoms with Gasteiger partial charge in [-0.25, -0.2) is 0 Å². The number of benzene rings is 2. The van der Waals surface area contributed by atoms with Gasteiger partial charge >= 0.3 is 0 Å². The maximum atomic E-state index is 10.6. The Morgan fingerprint density at radius 3 is 2.38 bits per heavy atom. The molecule has 0 saturated carbocycles. The minimum Gasteiger partial charge on any atom is -0.387 e. The maximum absolute atomic E-state index is 10.6. The molecule has 1 atom stereocenters. The predicted molar refractivity (Wildman–Crippen MR) is 83.1 cm³/mol. The highest BCUT2D eigenvalue weighted by molar-refractivity contribution is 7.97. The topological polar surface area (TPSA) is 75.4 Å². The summed E-state index contributed by atoms with van der Waals surface area (Å²) in [6.45, 7) is 2.39. The van der Waals surface area contributed by atoms with Gasteiger partial charge in [0.1, 0.15) is 0 Å². The molecule has 0 heterocycles. The van der Waals surface area contributed by atoms with Crippen LogP contribution in [-0.2, 0) is 0 Å². The molecule has 0 amide bonds. The van der Waals surface area contributed by atoms with Crippen LogP contribution in [0.15, 0.2) is 53.4 Å². The van der Waals surface area contributed by atoms with E-state index in [0.29, 0.717) is 12.1 Å². The molecule has 2 rings (SSSR count). The number of nitro benzene ring substituents is 1. The highest BCUT2D eigenvalue weighted by Gasteiger charge is 2.10. The Bertz CT molecular complexity index is 599. The van der Waals surface area contributed by atoms with E-state index in [2.05, 4.69) is 4.72 Å². The molecule has 0 aromatic heterocycles. The quantitative estimate of drug-likeness (QED) is 0.487. The molecule has 0 spiro atoms. The Labute approximate surface area is 127 Å². The number of hydrogen-bond acceptors (Lipinski definition) is 5. The molecule has 2 aromatic rings. The van der Waals surface area contributed by atoms with Crippen molar-refractivity contribution in [2.24, 2.45) is 0 Å². The number of aliphatic hydroxyl groups excluding tert-OH is 1. The molecule has 110 valence electrons. The Hall–Kier alpha value is -1.89. The van der Waals surface area contributed by atoms with E-state index < -0.39 is 11.0 Å². The molecule has 0 fully saturated rings. The number of non-ortho nitro benzene ring substituents is 1. The Balaban J connectivity index is 1.85. The summed E-state index contributed by atoms with van der Waals surface area (Å²) in [4.78, 5) is 11.2. The number of aliphatic hydroxyl groups is 1. The van der Waals surface area contributed by atoms with E-state index in [0.717, 1.165) is 4.90 Å². The van der Waals surface area contributed by atoms with Crippen molar-refractivity contribution in [2.75, 3.05) is 6.54 Å². The van der Waals surface area contributed by atoms with Crippen LogP contribution < -0.4 is 4.72 Å². The fraction of sp³-hybridized carbons (Fsp3) is 0.200. The number of rotatable bonds is 6. The number of nitrogens with zero attached hydrogens (tertiary/aromatic N) is 1. The molecule has 5 nitrogen and oxygen atoms in total. The largest absolute Gasteiger partial charge is 0.387 e. The second-order valence-corrected chi connectivity index (χ2v) is 5.59. The zero-order valence-corrected chi connectivity index (χ0v) is 12.3. The normalized spacial score (nSPS) is 12.1. The summed E-state index contributed by atoms with van der Waals surface area (Å²) in [5.74, 6) is 0. The fourth-order valence-corrected chi connectivity index (χ4v) is 2.43. The summed E-state index contributed by atoms with van der Waals surface area (Å²) in [7, 11) is 0.